The standard InChI is InChI=1S/C13H13N3O/c1-14-12(11-4-2-3-7-16-11)13(17)10-5-8-15-9-6-10/h5-6,8-9,16H,2-4,7H2/b12-11-. The number of carbonyl (C=O) groups is 1. The summed E-state index contributed by atoms with van der Waals surface area (Å²) in [5.74, 6) is -0.216. The summed E-state index contributed by atoms with van der Waals surface area (Å²) < 4.78 is 0. The van der Waals surface area contributed by atoms with Gasteiger partial charge in [0.1, 0.15) is 0 Å². The molecule has 86 valence electrons. The van der Waals surface area contributed by atoms with Gasteiger partial charge in [-0.25, -0.2) is 4.85 Å². The Bertz CT molecular complexity index is 477. The Kier molecular flexibility index (Phi) is 3.51. The van der Waals surface area contributed by atoms with Crippen LogP contribution in [0.3, 0.4) is 0 Å². The van der Waals surface area contributed by atoms with E-state index in [0.717, 1.165) is 31.5 Å². The van der Waals surface area contributed by atoms with Crippen LogP contribution in [-0.2, 0) is 0 Å². The molecule has 1 aliphatic heterocycles. The number of rotatable bonds is 2. The van der Waals surface area contributed by atoms with Crippen LogP contribution in [0.4, 0.5) is 0 Å². The lowest BCUT2D eigenvalue weighted by molar-refractivity contribution is 0.103. The van der Waals surface area contributed by atoms with Crippen LogP contribution in [0.25, 0.3) is 4.85 Å². The molecule has 0 unspecified atom stereocenters. The number of allylic oxidation sites excluding steroid dienone is 2. The van der Waals surface area contributed by atoms with Gasteiger partial charge >= 0.3 is 0 Å². The topological polar surface area (TPSA) is 46.4 Å². The number of nitrogens with zero attached hydrogens (tertiary/aromatic N) is 2. The van der Waals surface area contributed by atoms with Crippen molar-refractivity contribution in [2.24, 2.45) is 0 Å². The van der Waals surface area contributed by atoms with E-state index >= 15 is 0 Å². The van der Waals surface area contributed by atoms with Crippen molar-refractivity contribution in [2.45, 2.75) is 19.3 Å². The molecule has 1 aromatic heterocycles. The van der Waals surface area contributed by atoms with Gasteiger partial charge in [0.25, 0.3) is 5.70 Å². The Balaban J connectivity index is 2.31. The van der Waals surface area contributed by atoms with Gasteiger partial charge in [-0.15, -0.1) is 0 Å². The van der Waals surface area contributed by atoms with E-state index in [1.54, 1.807) is 24.5 Å². The largest absolute Gasteiger partial charge is 0.397 e. The first-order valence-corrected chi connectivity index (χ1v) is 5.62. The normalized spacial score (nSPS) is 17.8. The van der Waals surface area contributed by atoms with E-state index in [2.05, 4.69) is 15.1 Å². The van der Waals surface area contributed by atoms with Crippen LogP contribution in [-0.4, -0.2) is 17.3 Å². The number of piperidine rings is 1. The minimum Gasteiger partial charge on any atom is -0.397 e. The van der Waals surface area contributed by atoms with Crippen LogP contribution in [0.15, 0.2) is 35.9 Å². The molecule has 1 saturated heterocycles. The lowest BCUT2D eigenvalue weighted by Crippen LogP contribution is -2.23. The second kappa shape index (κ2) is 5.26. The van der Waals surface area contributed by atoms with Crippen molar-refractivity contribution in [1.82, 2.24) is 10.3 Å². The number of nitrogens with one attached hydrogen (secondary N) is 1. The lowest BCUT2D eigenvalue weighted by atomic mass is 10.0. The Labute approximate surface area is 100 Å². The van der Waals surface area contributed by atoms with Gasteiger partial charge in [0.15, 0.2) is 5.78 Å². The summed E-state index contributed by atoms with van der Waals surface area (Å²) in [6, 6.07) is 3.27. The molecular formula is C13H13N3O. The Hall–Kier alpha value is -2.15. The van der Waals surface area contributed by atoms with Crippen molar-refractivity contribution in [1.29, 1.82) is 0 Å². The number of ketones is 1. The molecule has 2 rings (SSSR count). The summed E-state index contributed by atoms with van der Waals surface area (Å²) in [6.45, 7) is 8.01. The maximum absolute atomic E-state index is 12.1. The first kappa shape index (κ1) is 11.3. The molecule has 0 atom stereocenters. The lowest BCUT2D eigenvalue weighted by Gasteiger charge is -2.18. The molecule has 1 aromatic rings. The van der Waals surface area contributed by atoms with E-state index in [9.17, 15) is 4.79 Å². The molecular weight excluding hydrogens is 214 g/mol. The molecule has 0 bridgehead atoms. The van der Waals surface area contributed by atoms with Gasteiger partial charge in [-0.1, -0.05) is 0 Å². The quantitative estimate of drug-likeness (QED) is 0.478. The number of carbonyl (C=O) groups excluding carboxylic acids is 1. The molecule has 1 aliphatic rings. The second-order valence-electron chi connectivity index (χ2n) is 3.89. The van der Waals surface area contributed by atoms with Gasteiger partial charge in [-0.3, -0.25) is 4.98 Å². The maximum atomic E-state index is 12.1. The average Bonchev–Trinajstić information content (AvgIpc) is 2.42. The summed E-state index contributed by atoms with van der Waals surface area (Å²) in [5, 5.41) is 3.15. The van der Waals surface area contributed by atoms with Gasteiger partial charge < -0.3 is 10.1 Å². The van der Waals surface area contributed by atoms with E-state index in [4.69, 9.17) is 6.57 Å². The van der Waals surface area contributed by atoms with E-state index < -0.39 is 0 Å². The monoisotopic (exact) mass is 227 g/mol. The van der Waals surface area contributed by atoms with Crippen LogP contribution in [0, 0.1) is 6.57 Å². The molecule has 2 heterocycles. The third-order valence-electron chi connectivity index (χ3n) is 2.75. The fourth-order valence-corrected chi connectivity index (χ4v) is 1.85. The minimum atomic E-state index is -0.216. The van der Waals surface area contributed by atoms with Crippen molar-refractivity contribution < 1.29 is 4.79 Å². The van der Waals surface area contributed by atoms with Crippen LogP contribution in [0.1, 0.15) is 29.6 Å². The Morgan fingerprint density at radius 1 is 1.35 bits per heavy atom. The fourth-order valence-electron chi connectivity index (χ4n) is 1.85. The Morgan fingerprint density at radius 2 is 2.12 bits per heavy atom. The van der Waals surface area contributed by atoms with Crippen LogP contribution < -0.4 is 5.32 Å². The van der Waals surface area contributed by atoms with Gasteiger partial charge in [0.05, 0.1) is 6.57 Å². The highest BCUT2D eigenvalue weighted by atomic mass is 16.1. The third-order valence-corrected chi connectivity index (χ3v) is 2.75. The molecule has 0 amide bonds. The van der Waals surface area contributed by atoms with Crippen LogP contribution in [0.5, 0.6) is 0 Å². The molecule has 4 nitrogen and oxygen atoms in total. The molecule has 1 fully saturated rings. The summed E-state index contributed by atoms with van der Waals surface area (Å²) in [6.07, 6.45) is 6.04. The van der Waals surface area contributed by atoms with Crippen LogP contribution in [0.2, 0.25) is 0 Å². The predicted molar refractivity (Wildman–Crippen MR) is 64.0 cm³/mol. The molecule has 0 radical (unpaired) electrons. The highest BCUT2D eigenvalue weighted by molar-refractivity contribution is 6.10. The first-order chi connectivity index (χ1) is 8.33. The van der Waals surface area contributed by atoms with Crippen molar-refractivity contribution in [3.8, 4) is 0 Å². The average molecular weight is 227 g/mol. The minimum absolute atomic E-state index is 0.216. The van der Waals surface area contributed by atoms with Crippen LogP contribution >= 0.6 is 0 Å². The van der Waals surface area contributed by atoms with E-state index in [-0.39, 0.29) is 11.5 Å². The van der Waals surface area contributed by atoms with Crippen molar-refractivity contribution in [2.75, 3.05) is 6.54 Å². The molecule has 0 aromatic carbocycles. The third kappa shape index (κ3) is 2.51. The number of aromatic nitrogens is 1. The van der Waals surface area contributed by atoms with Gasteiger partial charge in [-0.2, -0.15) is 0 Å². The highest BCUT2D eigenvalue weighted by Crippen LogP contribution is 2.19. The summed E-state index contributed by atoms with van der Waals surface area (Å²) in [5.41, 5.74) is 1.52. The van der Waals surface area contributed by atoms with Gasteiger partial charge in [0.2, 0.25) is 0 Å². The van der Waals surface area contributed by atoms with Gasteiger partial charge in [-0.05, 0) is 31.4 Å². The SMILES string of the molecule is [C-]#[N+]/C(C(=O)c1ccncc1)=C1/CCCCN1. The molecule has 0 aliphatic carbocycles. The van der Waals surface area contributed by atoms with E-state index in [1.165, 1.54) is 0 Å². The maximum Gasteiger partial charge on any atom is 0.252 e. The van der Waals surface area contributed by atoms with E-state index in [1.807, 2.05) is 0 Å². The molecule has 0 spiro atoms. The highest BCUT2D eigenvalue weighted by Gasteiger charge is 2.19. The summed E-state index contributed by atoms with van der Waals surface area (Å²) in [7, 11) is 0. The number of hydrogen-bond donors (Lipinski definition) is 1. The first-order valence-electron chi connectivity index (χ1n) is 5.62. The predicted octanol–water partition coefficient (Wildman–Crippen LogP) is 2.17. The smallest absolute Gasteiger partial charge is 0.252 e. The molecule has 4 heteroatoms. The molecule has 17 heavy (non-hydrogen) atoms. The van der Waals surface area contributed by atoms with E-state index in [0.29, 0.717) is 5.56 Å². The second-order valence-corrected chi connectivity index (χ2v) is 3.89. The molecule has 1 N–H and O–H groups in total. The van der Waals surface area contributed by atoms with Crippen molar-refractivity contribution in [3.05, 3.63) is 52.9 Å². The zero-order chi connectivity index (χ0) is 12.1. The van der Waals surface area contributed by atoms with Crippen molar-refractivity contribution >= 4 is 5.78 Å². The molecule has 0 saturated carbocycles. The zero-order valence-electron chi connectivity index (χ0n) is 9.44. The summed E-state index contributed by atoms with van der Waals surface area (Å²) in [4.78, 5) is 19.4. The zero-order valence-corrected chi connectivity index (χ0v) is 9.44. The number of pyridine rings is 1. The van der Waals surface area contributed by atoms with Crippen molar-refractivity contribution in [3.63, 3.8) is 0 Å². The Morgan fingerprint density at radius 3 is 2.71 bits per heavy atom. The fraction of sp³-hybridized carbons (Fsp3) is 0.308. The number of Topliss-reactive ketones (excluding diaryl/α,β-unsaturated/α-hetero) is 1. The number of hydrogen-bond acceptors (Lipinski definition) is 3. The summed E-state index contributed by atoms with van der Waals surface area (Å²) >= 11 is 0. The van der Waals surface area contributed by atoms with Gasteiger partial charge in [0, 0.05) is 30.2 Å².